The molecular formula is C18H21N3O2. The van der Waals surface area contributed by atoms with Gasteiger partial charge in [0.1, 0.15) is 11.4 Å². The summed E-state index contributed by atoms with van der Waals surface area (Å²) >= 11 is 0. The van der Waals surface area contributed by atoms with Gasteiger partial charge < -0.3 is 9.64 Å². The Hall–Kier alpha value is -2.43. The minimum atomic E-state index is 0.111. The number of aryl methyl sites for hydroxylation is 1. The Morgan fingerprint density at radius 2 is 1.96 bits per heavy atom. The molecule has 1 aromatic heterocycles. The Balaban J connectivity index is 1.82. The standard InChI is InChI=1S/C18H21N3O2/c1-13-5-7-16(8-6-13)23-18-17(19-9-10-20-18)15-4-3-11-21(12-15)14(2)22/h5-10,15H,3-4,11-12H2,1-2H3. The molecule has 1 saturated heterocycles. The van der Waals surface area contributed by atoms with Crippen LogP contribution in [0.4, 0.5) is 0 Å². The van der Waals surface area contributed by atoms with Crippen molar-refractivity contribution in [3.63, 3.8) is 0 Å². The monoisotopic (exact) mass is 311 g/mol. The van der Waals surface area contributed by atoms with E-state index in [1.807, 2.05) is 36.1 Å². The maximum absolute atomic E-state index is 11.6. The van der Waals surface area contributed by atoms with Crippen LogP contribution in [0, 0.1) is 6.92 Å². The first-order valence-electron chi connectivity index (χ1n) is 7.94. The maximum atomic E-state index is 11.6. The van der Waals surface area contributed by atoms with E-state index in [2.05, 4.69) is 9.97 Å². The normalized spacial score (nSPS) is 17.8. The van der Waals surface area contributed by atoms with Crippen molar-refractivity contribution >= 4 is 5.91 Å². The van der Waals surface area contributed by atoms with Crippen LogP contribution in [0.15, 0.2) is 36.7 Å². The lowest BCUT2D eigenvalue weighted by Crippen LogP contribution is -2.38. The fourth-order valence-electron chi connectivity index (χ4n) is 2.90. The number of benzene rings is 1. The number of carbonyl (C=O) groups excluding carboxylic acids is 1. The van der Waals surface area contributed by atoms with E-state index < -0.39 is 0 Å². The summed E-state index contributed by atoms with van der Waals surface area (Å²) in [4.78, 5) is 22.4. The third-order valence-corrected chi connectivity index (χ3v) is 4.18. The number of carbonyl (C=O) groups is 1. The van der Waals surface area contributed by atoms with Crippen LogP contribution in [0.1, 0.15) is 36.9 Å². The van der Waals surface area contributed by atoms with E-state index in [1.54, 1.807) is 19.3 Å². The van der Waals surface area contributed by atoms with Gasteiger partial charge in [0, 0.05) is 38.3 Å². The number of piperidine rings is 1. The predicted molar refractivity (Wildman–Crippen MR) is 87.5 cm³/mol. The second-order valence-electron chi connectivity index (χ2n) is 5.97. The van der Waals surface area contributed by atoms with Gasteiger partial charge in [-0.05, 0) is 31.9 Å². The average molecular weight is 311 g/mol. The van der Waals surface area contributed by atoms with Gasteiger partial charge >= 0.3 is 0 Å². The van der Waals surface area contributed by atoms with Gasteiger partial charge in [-0.2, -0.15) is 0 Å². The molecule has 0 radical (unpaired) electrons. The number of hydrogen-bond acceptors (Lipinski definition) is 4. The molecular weight excluding hydrogens is 290 g/mol. The van der Waals surface area contributed by atoms with Crippen molar-refractivity contribution in [2.45, 2.75) is 32.6 Å². The number of nitrogens with zero attached hydrogens (tertiary/aromatic N) is 3. The van der Waals surface area contributed by atoms with Crippen molar-refractivity contribution in [2.24, 2.45) is 0 Å². The highest BCUT2D eigenvalue weighted by atomic mass is 16.5. The van der Waals surface area contributed by atoms with Gasteiger partial charge in [-0.25, -0.2) is 4.98 Å². The van der Waals surface area contributed by atoms with Gasteiger partial charge in [0.15, 0.2) is 0 Å². The van der Waals surface area contributed by atoms with Crippen LogP contribution < -0.4 is 4.74 Å². The molecule has 0 bridgehead atoms. The van der Waals surface area contributed by atoms with E-state index in [0.717, 1.165) is 30.8 Å². The zero-order valence-electron chi connectivity index (χ0n) is 13.5. The van der Waals surface area contributed by atoms with Gasteiger partial charge in [-0.1, -0.05) is 17.7 Å². The van der Waals surface area contributed by atoms with Gasteiger partial charge in [0.25, 0.3) is 0 Å². The van der Waals surface area contributed by atoms with Gasteiger partial charge in [0.2, 0.25) is 11.8 Å². The lowest BCUT2D eigenvalue weighted by Gasteiger charge is -2.32. The molecule has 0 saturated carbocycles. The SMILES string of the molecule is CC(=O)N1CCCC(c2nccnc2Oc2ccc(C)cc2)C1. The summed E-state index contributed by atoms with van der Waals surface area (Å²) in [6.45, 7) is 5.15. The number of ether oxygens (including phenoxy) is 1. The molecule has 120 valence electrons. The van der Waals surface area contributed by atoms with Gasteiger partial charge in [-0.3, -0.25) is 9.78 Å². The summed E-state index contributed by atoms with van der Waals surface area (Å²) in [6.07, 6.45) is 5.29. The van der Waals surface area contributed by atoms with Crippen LogP contribution in [0.5, 0.6) is 11.6 Å². The number of aromatic nitrogens is 2. The Morgan fingerprint density at radius 3 is 2.70 bits per heavy atom. The minimum absolute atomic E-state index is 0.111. The number of amides is 1. The minimum Gasteiger partial charge on any atom is -0.437 e. The van der Waals surface area contributed by atoms with Crippen LogP contribution in [0.25, 0.3) is 0 Å². The molecule has 0 N–H and O–H groups in total. The fourth-order valence-corrected chi connectivity index (χ4v) is 2.90. The van der Waals surface area contributed by atoms with Crippen molar-refractivity contribution in [2.75, 3.05) is 13.1 Å². The van der Waals surface area contributed by atoms with E-state index in [0.29, 0.717) is 12.4 Å². The molecule has 1 aromatic carbocycles. The summed E-state index contributed by atoms with van der Waals surface area (Å²) in [7, 11) is 0. The largest absolute Gasteiger partial charge is 0.437 e. The van der Waals surface area contributed by atoms with Crippen LogP contribution in [0.3, 0.4) is 0 Å². The molecule has 3 rings (SSSR count). The van der Waals surface area contributed by atoms with E-state index in [-0.39, 0.29) is 11.8 Å². The highest BCUT2D eigenvalue weighted by Gasteiger charge is 2.27. The molecule has 2 aromatic rings. The molecule has 1 amide bonds. The fraction of sp³-hybridized carbons (Fsp3) is 0.389. The molecule has 1 unspecified atom stereocenters. The highest BCUT2D eigenvalue weighted by molar-refractivity contribution is 5.73. The second-order valence-corrected chi connectivity index (χ2v) is 5.97. The van der Waals surface area contributed by atoms with Crippen LogP contribution >= 0.6 is 0 Å². The van der Waals surface area contributed by atoms with Crippen molar-refractivity contribution in [3.8, 4) is 11.6 Å². The molecule has 5 heteroatoms. The molecule has 23 heavy (non-hydrogen) atoms. The first-order chi connectivity index (χ1) is 11.1. The zero-order chi connectivity index (χ0) is 16.2. The first kappa shape index (κ1) is 15.5. The van der Waals surface area contributed by atoms with Crippen LogP contribution in [0.2, 0.25) is 0 Å². The van der Waals surface area contributed by atoms with Crippen LogP contribution in [-0.4, -0.2) is 33.9 Å². The van der Waals surface area contributed by atoms with Crippen molar-refractivity contribution in [1.82, 2.24) is 14.9 Å². The second kappa shape index (κ2) is 6.77. The van der Waals surface area contributed by atoms with Crippen LogP contribution in [-0.2, 0) is 4.79 Å². The Labute approximate surface area is 136 Å². The summed E-state index contributed by atoms with van der Waals surface area (Å²) in [5, 5.41) is 0. The summed E-state index contributed by atoms with van der Waals surface area (Å²) < 4.78 is 5.94. The van der Waals surface area contributed by atoms with Crippen molar-refractivity contribution in [1.29, 1.82) is 0 Å². The Kier molecular flexibility index (Phi) is 4.55. The molecule has 0 aliphatic carbocycles. The highest BCUT2D eigenvalue weighted by Crippen LogP contribution is 2.32. The molecule has 1 atom stereocenters. The molecule has 2 heterocycles. The van der Waals surface area contributed by atoms with E-state index in [1.165, 1.54) is 5.56 Å². The molecule has 1 aliphatic rings. The number of hydrogen-bond donors (Lipinski definition) is 0. The van der Waals surface area contributed by atoms with E-state index in [9.17, 15) is 4.79 Å². The topological polar surface area (TPSA) is 55.3 Å². The third-order valence-electron chi connectivity index (χ3n) is 4.18. The average Bonchev–Trinajstić information content (AvgIpc) is 2.57. The van der Waals surface area contributed by atoms with Gasteiger partial charge in [-0.15, -0.1) is 0 Å². The summed E-state index contributed by atoms with van der Waals surface area (Å²) in [6, 6.07) is 7.86. The third kappa shape index (κ3) is 3.67. The lowest BCUT2D eigenvalue weighted by atomic mass is 9.94. The van der Waals surface area contributed by atoms with E-state index >= 15 is 0 Å². The zero-order valence-corrected chi connectivity index (χ0v) is 13.5. The van der Waals surface area contributed by atoms with Gasteiger partial charge in [0.05, 0.1) is 0 Å². The Bertz CT molecular complexity index is 685. The number of likely N-dealkylation sites (tertiary alicyclic amines) is 1. The maximum Gasteiger partial charge on any atom is 0.241 e. The predicted octanol–water partition coefficient (Wildman–Crippen LogP) is 3.30. The molecule has 0 spiro atoms. The first-order valence-corrected chi connectivity index (χ1v) is 7.94. The molecule has 1 aliphatic heterocycles. The molecule has 1 fully saturated rings. The van der Waals surface area contributed by atoms with Crippen molar-refractivity contribution < 1.29 is 9.53 Å². The Morgan fingerprint density at radius 1 is 1.22 bits per heavy atom. The quantitative estimate of drug-likeness (QED) is 0.872. The van der Waals surface area contributed by atoms with E-state index in [4.69, 9.17) is 4.74 Å². The summed E-state index contributed by atoms with van der Waals surface area (Å²) in [5.41, 5.74) is 2.01. The smallest absolute Gasteiger partial charge is 0.241 e. The summed E-state index contributed by atoms with van der Waals surface area (Å²) in [5.74, 6) is 1.56. The lowest BCUT2D eigenvalue weighted by molar-refractivity contribution is -0.130. The van der Waals surface area contributed by atoms with Crippen molar-refractivity contribution in [3.05, 3.63) is 47.9 Å². The number of rotatable bonds is 3. The molecule has 5 nitrogen and oxygen atoms in total.